The van der Waals surface area contributed by atoms with E-state index in [0.29, 0.717) is 23.9 Å². The Labute approximate surface area is 150 Å². The van der Waals surface area contributed by atoms with E-state index in [9.17, 15) is 8.42 Å². The van der Waals surface area contributed by atoms with E-state index in [4.69, 9.17) is 25.9 Å². The number of hydrogen-bond donors (Lipinski definition) is 2. The monoisotopic (exact) mass is 381 g/mol. The van der Waals surface area contributed by atoms with E-state index in [-0.39, 0.29) is 10.8 Å². The molecule has 2 heterocycles. The topological polar surface area (TPSA) is 84.9 Å². The van der Waals surface area contributed by atoms with Crippen molar-refractivity contribution in [2.24, 2.45) is 0 Å². The minimum absolute atomic E-state index is 0.0105. The number of benzene rings is 2. The van der Waals surface area contributed by atoms with Crippen molar-refractivity contribution in [2.45, 2.75) is 23.8 Å². The largest absolute Gasteiger partial charge is 0.335 e. The summed E-state index contributed by atoms with van der Waals surface area (Å²) in [7, 11) is -4.20. The molecule has 25 heavy (non-hydrogen) atoms. The Hall–Kier alpha value is -1.64. The van der Waals surface area contributed by atoms with Crippen LogP contribution in [0.5, 0.6) is 5.75 Å². The molecule has 2 aliphatic rings. The van der Waals surface area contributed by atoms with Crippen LogP contribution >= 0.6 is 11.6 Å². The van der Waals surface area contributed by atoms with Gasteiger partial charge in [0.1, 0.15) is 6.61 Å². The van der Waals surface area contributed by atoms with E-state index in [0.717, 1.165) is 35.2 Å². The van der Waals surface area contributed by atoms with Gasteiger partial charge in [0.2, 0.25) is 0 Å². The van der Waals surface area contributed by atoms with Crippen LogP contribution in [-0.2, 0) is 28.0 Å². The molecule has 0 aromatic heterocycles. The molecule has 2 aromatic rings. The van der Waals surface area contributed by atoms with Crippen molar-refractivity contribution in [1.29, 1.82) is 0 Å². The number of halogens is 1. The number of fused-ring (bicyclic) bond motifs is 2. The molecule has 8 heteroatoms. The Morgan fingerprint density at radius 2 is 2.00 bits per heavy atom. The van der Waals surface area contributed by atoms with Crippen molar-refractivity contribution in [2.75, 3.05) is 13.1 Å². The number of hydrogen-bond acceptors (Lipinski definition) is 5. The second-order valence-corrected chi connectivity index (χ2v) is 7.94. The molecule has 132 valence electrons. The van der Waals surface area contributed by atoms with Crippen LogP contribution in [0.15, 0.2) is 35.2 Å². The van der Waals surface area contributed by atoms with Crippen molar-refractivity contribution < 1.29 is 22.7 Å². The molecule has 0 aliphatic carbocycles. The minimum Gasteiger partial charge on any atom is -0.335 e. The van der Waals surface area contributed by atoms with Gasteiger partial charge in [-0.25, -0.2) is 0 Å². The molecule has 6 nitrogen and oxygen atoms in total. The van der Waals surface area contributed by atoms with E-state index in [1.54, 1.807) is 12.1 Å². The molecule has 0 fully saturated rings. The highest BCUT2D eigenvalue weighted by Gasteiger charge is 2.29. The summed E-state index contributed by atoms with van der Waals surface area (Å²) in [4.78, 5) is 10.1. The second kappa shape index (κ2) is 6.26. The van der Waals surface area contributed by atoms with Gasteiger partial charge in [0.25, 0.3) is 10.1 Å². The fraction of sp³-hybridized carbons (Fsp3) is 0.294. The van der Waals surface area contributed by atoms with Gasteiger partial charge in [-0.3, -0.25) is 4.55 Å². The molecule has 0 bridgehead atoms. The van der Waals surface area contributed by atoms with Crippen LogP contribution in [0, 0.1) is 0 Å². The lowest BCUT2D eigenvalue weighted by molar-refractivity contribution is -0.194. The third-order valence-corrected chi connectivity index (χ3v) is 5.91. The van der Waals surface area contributed by atoms with Gasteiger partial charge >= 0.3 is 0 Å². The Bertz CT molecular complexity index is 927. The van der Waals surface area contributed by atoms with Crippen molar-refractivity contribution in [3.8, 4) is 5.75 Å². The molecule has 0 amide bonds. The maximum absolute atomic E-state index is 11.2. The van der Waals surface area contributed by atoms with Crippen molar-refractivity contribution >= 4 is 21.7 Å². The molecule has 1 unspecified atom stereocenters. The summed E-state index contributed by atoms with van der Waals surface area (Å²) < 4.78 is 31.6. The lowest BCUT2D eigenvalue weighted by Gasteiger charge is -2.20. The van der Waals surface area contributed by atoms with Gasteiger partial charge in [0, 0.05) is 18.0 Å². The Balaban J connectivity index is 1.81. The van der Waals surface area contributed by atoms with Crippen molar-refractivity contribution in [1.82, 2.24) is 5.32 Å². The van der Waals surface area contributed by atoms with Crippen molar-refractivity contribution in [3.63, 3.8) is 0 Å². The fourth-order valence-electron chi connectivity index (χ4n) is 3.40. The van der Waals surface area contributed by atoms with Gasteiger partial charge in [-0.2, -0.15) is 13.3 Å². The standard InChI is InChI=1S/C17H16ClNO5S/c18-16-13-5-6-19-8-15(14(13)7-11-9-23-24-17(11)16)10-1-3-12(4-2-10)25(20,21)22/h1-4,7,15,19H,5-6,8-9H2,(H,20,21,22). The summed E-state index contributed by atoms with van der Waals surface area (Å²) in [5, 5.41) is 3.97. The molecule has 1 atom stereocenters. The van der Waals surface area contributed by atoms with Crippen LogP contribution in [0.25, 0.3) is 0 Å². The zero-order valence-electron chi connectivity index (χ0n) is 13.2. The highest BCUT2D eigenvalue weighted by molar-refractivity contribution is 7.85. The van der Waals surface area contributed by atoms with Crippen LogP contribution in [-0.4, -0.2) is 26.1 Å². The minimum atomic E-state index is -4.20. The molecule has 0 radical (unpaired) electrons. The Morgan fingerprint density at radius 1 is 1.24 bits per heavy atom. The van der Waals surface area contributed by atoms with Crippen LogP contribution in [0.4, 0.5) is 0 Å². The lowest BCUT2D eigenvalue weighted by atomic mass is 9.87. The van der Waals surface area contributed by atoms with E-state index in [1.807, 2.05) is 0 Å². The third kappa shape index (κ3) is 3.02. The quantitative estimate of drug-likeness (QED) is 0.614. The molecule has 2 aromatic carbocycles. The van der Waals surface area contributed by atoms with Gasteiger partial charge in [0.15, 0.2) is 5.75 Å². The first-order chi connectivity index (χ1) is 11.9. The van der Waals surface area contributed by atoms with Gasteiger partial charge in [-0.05, 0) is 47.9 Å². The van der Waals surface area contributed by atoms with E-state index >= 15 is 0 Å². The molecule has 4 rings (SSSR count). The molecule has 0 saturated heterocycles. The smallest absolute Gasteiger partial charge is 0.294 e. The average molecular weight is 382 g/mol. The third-order valence-electron chi connectivity index (χ3n) is 4.65. The first-order valence-electron chi connectivity index (χ1n) is 7.87. The summed E-state index contributed by atoms with van der Waals surface area (Å²) in [5.74, 6) is 0.596. The lowest BCUT2D eigenvalue weighted by Crippen LogP contribution is -2.21. The first-order valence-corrected chi connectivity index (χ1v) is 9.69. The SMILES string of the molecule is O=S(=O)(O)c1ccc(C2CNCCc3c2cc2c(c3Cl)OOC2)cc1. The van der Waals surface area contributed by atoms with E-state index in [1.165, 1.54) is 12.1 Å². The average Bonchev–Trinajstić information content (AvgIpc) is 2.94. The van der Waals surface area contributed by atoms with Crippen LogP contribution in [0.1, 0.15) is 28.2 Å². The maximum Gasteiger partial charge on any atom is 0.294 e. The molecule has 0 spiro atoms. The van der Waals surface area contributed by atoms with Crippen molar-refractivity contribution in [3.05, 3.63) is 57.6 Å². The van der Waals surface area contributed by atoms with Gasteiger partial charge in [0.05, 0.1) is 9.92 Å². The molecule has 2 N–H and O–H groups in total. The maximum atomic E-state index is 11.2. The summed E-state index contributed by atoms with van der Waals surface area (Å²) >= 11 is 6.54. The molecule has 2 aliphatic heterocycles. The Kier molecular flexibility index (Phi) is 4.21. The van der Waals surface area contributed by atoms with E-state index in [2.05, 4.69) is 11.4 Å². The second-order valence-electron chi connectivity index (χ2n) is 6.14. The zero-order valence-corrected chi connectivity index (χ0v) is 14.7. The summed E-state index contributed by atoms with van der Waals surface area (Å²) in [6.07, 6.45) is 0.768. The summed E-state index contributed by atoms with van der Waals surface area (Å²) in [6, 6.07) is 8.32. The predicted octanol–water partition coefficient (Wildman–Crippen LogP) is 2.69. The Morgan fingerprint density at radius 3 is 2.72 bits per heavy atom. The molecular weight excluding hydrogens is 366 g/mol. The highest BCUT2D eigenvalue weighted by Crippen LogP contribution is 2.42. The van der Waals surface area contributed by atoms with Crippen LogP contribution < -0.4 is 10.2 Å². The highest BCUT2D eigenvalue weighted by atomic mass is 35.5. The van der Waals surface area contributed by atoms with E-state index < -0.39 is 10.1 Å². The molecule has 0 saturated carbocycles. The zero-order chi connectivity index (χ0) is 17.6. The number of rotatable bonds is 2. The first kappa shape index (κ1) is 16.8. The molecular formula is C17H16ClNO5S. The summed E-state index contributed by atoms with van der Waals surface area (Å²) in [5.41, 5.74) is 3.95. The number of nitrogens with one attached hydrogen (secondary N) is 1. The van der Waals surface area contributed by atoms with Crippen LogP contribution in [0.3, 0.4) is 0 Å². The van der Waals surface area contributed by atoms with Gasteiger partial charge in [-0.15, -0.1) is 0 Å². The van der Waals surface area contributed by atoms with Gasteiger partial charge < -0.3 is 10.2 Å². The predicted molar refractivity (Wildman–Crippen MR) is 91.5 cm³/mol. The fourth-order valence-corrected chi connectivity index (χ4v) is 4.24. The van der Waals surface area contributed by atoms with Gasteiger partial charge in [-0.1, -0.05) is 23.7 Å². The normalized spacial score (nSPS) is 19.7. The summed E-state index contributed by atoms with van der Waals surface area (Å²) in [6.45, 7) is 1.84. The van der Waals surface area contributed by atoms with Crippen LogP contribution in [0.2, 0.25) is 5.02 Å².